The Balaban J connectivity index is 4.22. The van der Waals surface area contributed by atoms with E-state index in [4.69, 9.17) is 15.7 Å². The summed E-state index contributed by atoms with van der Waals surface area (Å²) in [4.78, 5) is 2.85. The molecule has 0 radical (unpaired) electrons. The number of nitrogens with two attached hydrogens (primary N) is 1. The molecule has 5 nitrogen and oxygen atoms in total. The lowest BCUT2D eigenvalue weighted by molar-refractivity contribution is 0.197. The number of hydrogen-bond donors (Lipinski definition) is 1. The highest BCUT2D eigenvalue weighted by molar-refractivity contribution is 6.74. The van der Waals surface area contributed by atoms with Crippen LogP contribution in [0.15, 0.2) is 17.3 Å². The second-order valence-electron chi connectivity index (χ2n) is 10.2. The zero-order valence-electron chi connectivity index (χ0n) is 20.8. The van der Waals surface area contributed by atoms with Crippen molar-refractivity contribution < 1.29 is 4.43 Å². The van der Waals surface area contributed by atoms with E-state index in [-0.39, 0.29) is 23.7 Å². The van der Waals surface area contributed by atoms with Gasteiger partial charge in [0.1, 0.15) is 0 Å². The molecule has 0 spiro atoms. The van der Waals surface area contributed by atoms with E-state index in [1.165, 1.54) is 70.6 Å². The second-order valence-corrected chi connectivity index (χ2v) is 14.9. The molecule has 0 heterocycles. The summed E-state index contributed by atoms with van der Waals surface area (Å²) in [5.74, 6) is 0. The van der Waals surface area contributed by atoms with Gasteiger partial charge in [-0.15, -0.1) is 0 Å². The molecule has 0 fully saturated rings. The van der Waals surface area contributed by atoms with Gasteiger partial charge in [0.05, 0.1) is 6.10 Å². The van der Waals surface area contributed by atoms with Crippen LogP contribution in [-0.4, -0.2) is 27.0 Å². The van der Waals surface area contributed by atoms with E-state index in [0.29, 0.717) is 0 Å². The van der Waals surface area contributed by atoms with E-state index in [0.717, 1.165) is 6.42 Å². The van der Waals surface area contributed by atoms with Crippen molar-refractivity contribution in [2.45, 2.75) is 135 Å². The van der Waals surface area contributed by atoms with Gasteiger partial charge < -0.3 is 10.2 Å². The summed E-state index contributed by atoms with van der Waals surface area (Å²) >= 11 is 0. The van der Waals surface area contributed by atoms with E-state index < -0.39 is 8.32 Å². The lowest BCUT2D eigenvalue weighted by Crippen LogP contribution is -2.49. The van der Waals surface area contributed by atoms with Crippen LogP contribution in [0.4, 0.5) is 0 Å². The zero-order chi connectivity index (χ0) is 22.9. The van der Waals surface area contributed by atoms with Crippen molar-refractivity contribution in [2.75, 3.05) is 6.54 Å². The Kier molecular flexibility index (Phi) is 16.4. The number of allylic oxidation sites excluding steroid dienone is 1. The Labute approximate surface area is 188 Å². The molecule has 0 aromatic carbocycles. The normalized spacial score (nSPS) is 14.6. The van der Waals surface area contributed by atoms with E-state index in [1.54, 1.807) is 0 Å². The molecule has 2 N–H and O–H groups in total. The fraction of sp³-hybridized carbons (Fsp3) is 0.917. The molecule has 0 unspecified atom stereocenters. The Bertz CT molecular complexity index is 496. The first-order valence-electron chi connectivity index (χ1n) is 12.3. The summed E-state index contributed by atoms with van der Waals surface area (Å²) < 4.78 is 6.51. The Hall–Kier alpha value is -0.813. The molecule has 6 heteroatoms. The molecule has 176 valence electrons. The Morgan fingerprint density at radius 2 is 1.47 bits per heavy atom. The van der Waals surface area contributed by atoms with Gasteiger partial charge in [-0.2, -0.15) is 0 Å². The minimum Gasteiger partial charge on any atom is -0.409 e. The third kappa shape index (κ3) is 14.2. The molecule has 0 amide bonds. The van der Waals surface area contributed by atoms with Crippen molar-refractivity contribution in [1.82, 2.24) is 0 Å². The summed E-state index contributed by atoms with van der Waals surface area (Å²) in [6.45, 7) is 13.7. The number of hydrogen-bond acceptors (Lipinski definition) is 3. The first kappa shape index (κ1) is 29.2. The van der Waals surface area contributed by atoms with Gasteiger partial charge in [0.25, 0.3) is 0 Å². The van der Waals surface area contributed by atoms with Crippen LogP contribution in [0.5, 0.6) is 0 Å². The van der Waals surface area contributed by atoms with Crippen LogP contribution in [-0.2, 0) is 4.43 Å². The van der Waals surface area contributed by atoms with E-state index in [9.17, 15) is 0 Å². The van der Waals surface area contributed by atoms with Crippen molar-refractivity contribution in [3.05, 3.63) is 22.6 Å². The van der Waals surface area contributed by atoms with Gasteiger partial charge >= 0.3 is 0 Å². The second kappa shape index (κ2) is 16.8. The maximum absolute atomic E-state index is 8.61. The molecular formula is C24H50N4OSi. The first-order valence-corrected chi connectivity index (χ1v) is 15.2. The SMILES string of the molecule is CCCCCCCCCCCCC/C=C/[C@@H](O[Si](C)(C)C(C)(C)C)[C@@H](N)CN=[N+]=[N-]. The predicted octanol–water partition coefficient (Wildman–Crippen LogP) is 8.27. The van der Waals surface area contributed by atoms with Gasteiger partial charge in [-0.05, 0) is 36.5 Å². The van der Waals surface area contributed by atoms with Gasteiger partial charge in [0.2, 0.25) is 0 Å². The van der Waals surface area contributed by atoms with Crippen molar-refractivity contribution in [1.29, 1.82) is 0 Å². The predicted molar refractivity (Wildman–Crippen MR) is 134 cm³/mol. The topological polar surface area (TPSA) is 84.0 Å². The molecule has 0 aromatic heterocycles. The molecule has 0 aliphatic carbocycles. The minimum absolute atomic E-state index is 0.118. The average Bonchev–Trinajstić information content (AvgIpc) is 2.67. The maximum Gasteiger partial charge on any atom is 0.192 e. The third-order valence-corrected chi connectivity index (χ3v) is 10.8. The molecule has 30 heavy (non-hydrogen) atoms. The average molecular weight is 439 g/mol. The summed E-state index contributed by atoms with van der Waals surface area (Å²) in [7, 11) is -1.94. The molecule has 2 atom stereocenters. The van der Waals surface area contributed by atoms with Gasteiger partial charge in [-0.3, -0.25) is 0 Å². The van der Waals surface area contributed by atoms with E-state index in [2.05, 4.69) is 63.0 Å². The number of azide groups is 1. The lowest BCUT2D eigenvalue weighted by atomic mass is 10.0. The van der Waals surface area contributed by atoms with Crippen molar-refractivity contribution in [2.24, 2.45) is 10.8 Å². The number of nitrogens with zero attached hydrogens (tertiary/aromatic N) is 3. The molecule has 0 aliphatic rings. The monoisotopic (exact) mass is 438 g/mol. The summed E-state index contributed by atoms with van der Waals surface area (Å²) in [6.07, 6.45) is 20.1. The molecule has 0 saturated carbocycles. The van der Waals surface area contributed by atoms with Crippen LogP contribution in [0.2, 0.25) is 18.1 Å². The highest BCUT2D eigenvalue weighted by atomic mass is 28.4. The number of rotatable bonds is 18. The van der Waals surface area contributed by atoms with Crippen LogP contribution < -0.4 is 5.73 Å². The maximum atomic E-state index is 8.61. The fourth-order valence-corrected chi connectivity index (χ4v) is 4.47. The van der Waals surface area contributed by atoms with Crippen LogP contribution in [0.25, 0.3) is 10.4 Å². The Morgan fingerprint density at radius 3 is 1.93 bits per heavy atom. The zero-order valence-corrected chi connectivity index (χ0v) is 21.8. The molecule has 0 saturated heterocycles. The fourth-order valence-electron chi connectivity index (χ4n) is 3.18. The molecular weight excluding hydrogens is 388 g/mol. The smallest absolute Gasteiger partial charge is 0.192 e. The van der Waals surface area contributed by atoms with Crippen molar-refractivity contribution in [3.8, 4) is 0 Å². The van der Waals surface area contributed by atoms with E-state index in [1.807, 2.05) is 0 Å². The van der Waals surface area contributed by atoms with Crippen LogP contribution >= 0.6 is 0 Å². The highest BCUT2D eigenvalue weighted by Gasteiger charge is 2.39. The number of unbranched alkanes of at least 4 members (excludes halogenated alkanes) is 11. The van der Waals surface area contributed by atoms with Crippen LogP contribution in [0.1, 0.15) is 105 Å². The summed E-state index contributed by atoms with van der Waals surface area (Å²) in [5.41, 5.74) is 14.9. The van der Waals surface area contributed by atoms with Crippen LogP contribution in [0.3, 0.4) is 0 Å². The molecule has 0 rings (SSSR count). The summed E-state index contributed by atoms with van der Waals surface area (Å²) in [6, 6.07) is -0.302. The summed E-state index contributed by atoms with van der Waals surface area (Å²) in [5, 5.41) is 3.77. The highest BCUT2D eigenvalue weighted by Crippen LogP contribution is 2.37. The molecule has 0 bridgehead atoms. The minimum atomic E-state index is -1.94. The van der Waals surface area contributed by atoms with Crippen LogP contribution in [0, 0.1) is 0 Å². The van der Waals surface area contributed by atoms with Gasteiger partial charge in [0.15, 0.2) is 8.32 Å². The van der Waals surface area contributed by atoms with Crippen molar-refractivity contribution in [3.63, 3.8) is 0 Å². The lowest BCUT2D eigenvalue weighted by Gasteiger charge is -2.40. The van der Waals surface area contributed by atoms with Crippen molar-refractivity contribution >= 4 is 8.32 Å². The third-order valence-electron chi connectivity index (χ3n) is 6.31. The van der Waals surface area contributed by atoms with Gasteiger partial charge in [-0.25, -0.2) is 0 Å². The van der Waals surface area contributed by atoms with Gasteiger partial charge in [0, 0.05) is 17.5 Å². The molecule has 0 aromatic rings. The largest absolute Gasteiger partial charge is 0.409 e. The first-order chi connectivity index (χ1) is 14.2. The van der Waals surface area contributed by atoms with E-state index >= 15 is 0 Å². The standard InChI is InChI=1S/C24H50N4OSi/c1-7-8-9-10-11-12-13-14-15-16-17-18-19-20-23(22(25)21-27-28-26)29-30(5,6)24(2,3)4/h19-20,22-23H,7-18,21,25H2,1-6H3/b20-19+/t22-,23+/m0/s1. The quantitative estimate of drug-likeness (QED) is 0.0583. The Morgan fingerprint density at radius 1 is 0.967 bits per heavy atom. The molecule has 0 aliphatic heterocycles. The van der Waals surface area contributed by atoms with Gasteiger partial charge in [-0.1, -0.05) is 109 Å².